The number of benzene rings is 5. The van der Waals surface area contributed by atoms with Gasteiger partial charge >= 0.3 is 0 Å². The number of fused-ring (bicyclic) bond motifs is 2. The van der Waals surface area contributed by atoms with Crippen molar-refractivity contribution in [3.8, 4) is 0 Å². The Balaban J connectivity index is 1.33. The van der Waals surface area contributed by atoms with Gasteiger partial charge in [0.1, 0.15) is 0 Å². The fourth-order valence-electron chi connectivity index (χ4n) is 5.14. The molecule has 0 bridgehead atoms. The molecule has 0 amide bonds. The van der Waals surface area contributed by atoms with Crippen LogP contribution >= 0.6 is 22.7 Å². The SMILES string of the molecule is c1ccc([Si](c2ccccc2)c2cc3cc4sc([Si](c5ccccc5)c5ccccc5)cc4cc3s2)cc1. The Morgan fingerprint density at radius 2 is 0.632 bits per heavy atom. The normalized spacial score (nSPS) is 11.6. The van der Waals surface area contributed by atoms with Crippen LogP contribution in [0, 0.1) is 0 Å². The molecule has 4 heteroatoms. The summed E-state index contributed by atoms with van der Waals surface area (Å²) in [6, 6.07) is 54.0. The summed E-state index contributed by atoms with van der Waals surface area (Å²) in [6.07, 6.45) is 0. The van der Waals surface area contributed by atoms with Gasteiger partial charge < -0.3 is 0 Å². The summed E-state index contributed by atoms with van der Waals surface area (Å²) in [6.45, 7) is 0. The molecule has 0 spiro atoms. The lowest BCUT2D eigenvalue weighted by molar-refractivity contribution is 1.73. The van der Waals surface area contributed by atoms with Crippen LogP contribution in [0.15, 0.2) is 146 Å². The zero-order valence-electron chi connectivity index (χ0n) is 20.7. The van der Waals surface area contributed by atoms with Gasteiger partial charge in [-0.15, -0.1) is 22.7 Å². The number of hydrogen-bond acceptors (Lipinski definition) is 2. The summed E-state index contributed by atoms with van der Waals surface area (Å²) in [5, 5.41) is 8.51. The van der Waals surface area contributed by atoms with Crippen LogP contribution in [0.25, 0.3) is 20.2 Å². The summed E-state index contributed by atoms with van der Waals surface area (Å²) < 4.78 is 5.77. The monoisotopic (exact) mass is 552 g/mol. The molecule has 7 aromatic rings. The van der Waals surface area contributed by atoms with Crippen LogP contribution in [0.3, 0.4) is 0 Å². The van der Waals surface area contributed by atoms with Crippen LogP contribution in [0.5, 0.6) is 0 Å². The molecule has 0 saturated carbocycles. The van der Waals surface area contributed by atoms with Crippen LogP contribution in [0.2, 0.25) is 0 Å². The molecule has 0 atom stereocenters. The Bertz CT molecular complexity index is 1550. The maximum absolute atomic E-state index is 2.47. The van der Waals surface area contributed by atoms with Crippen LogP contribution in [0.1, 0.15) is 0 Å². The van der Waals surface area contributed by atoms with Gasteiger partial charge in [0, 0.05) is 18.4 Å². The van der Waals surface area contributed by atoms with Gasteiger partial charge in [0.25, 0.3) is 0 Å². The minimum absolute atomic E-state index is 1.05. The number of hydrogen-bond donors (Lipinski definition) is 0. The topological polar surface area (TPSA) is 0 Å². The van der Waals surface area contributed by atoms with Crippen LogP contribution < -0.4 is 29.7 Å². The van der Waals surface area contributed by atoms with E-state index in [9.17, 15) is 0 Å². The highest BCUT2D eigenvalue weighted by molar-refractivity contribution is 7.33. The van der Waals surface area contributed by atoms with Gasteiger partial charge in [-0.2, -0.15) is 0 Å². The lowest BCUT2D eigenvalue weighted by Crippen LogP contribution is -2.50. The third-order valence-corrected chi connectivity index (χ3v) is 15.5. The van der Waals surface area contributed by atoms with E-state index >= 15 is 0 Å². The molecule has 0 aliphatic carbocycles. The maximum Gasteiger partial charge on any atom is 0.168 e. The molecule has 38 heavy (non-hydrogen) atoms. The fourth-order valence-corrected chi connectivity index (χ4v) is 14.2. The molecule has 0 saturated heterocycles. The van der Waals surface area contributed by atoms with E-state index in [-0.39, 0.29) is 0 Å². The molecule has 2 radical (unpaired) electrons. The lowest BCUT2D eigenvalue weighted by Gasteiger charge is -2.14. The van der Waals surface area contributed by atoms with Gasteiger partial charge in [-0.1, -0.05) is 121 Å². The first-order chi connectivity index (χ1) is 18.8. The second-order valence-corrected chi connectivity index (χ2v) is 17.1. The molecule has 0 aliphatic heterocycles. The Morgan fingerprint density at radius 3 is 0.921 bits per heavy atom. The van der Waals surface area contributed by atoms with E-state index in [0.717, 1.165) is 0 Å². The zero-order valence-corrected chi connectivity index (χ0v) is 24.3. The smallest absolute Gasteiger partial charge is 0.144 e. The van der Waals surface area contributed by atoms with Crippen molar-refractivity contribution in [1.82, 2.24) is 0 Å². The molecular formula is C34H24S2Si2. The molecule has 2 aromatic heterocycles. The molecule has 2 heterocycles. The van der Waals surface area contributed by atoms with Crippen LogP contribution in [-0.2, 0) is 0 Å². The molecule has 0 N–H and O–H groups in total. The van der Waals surface area contributed by atoms with Crippen molar-refractivity contribution in [2.45, 2.75) is 0 Å². The van der Waals surface area contributed by atoms with Crippen molar-refractivity contribution >= 4 is 90.2 Å². The third-order valence-electron chi connectivity index (χ3n) is 6.90. The first-order valence-electron chi connectivity index (χ1n) is 12.8. The van der Waals surface area contributed by atoms with Crippen molar-refractivity contribution in [3.05, 3.63) is 146 Å². The average molecular weight is 553 g/mol. The minimum Gasteiger partial charge on any atom is -0.144 e. The highest BCUT2D eigenvalue weighted by Gasteiger charge is 2.24. The molecular weight excluding hydrogens is 529 g/mol. The summed E-state index contributed by atoms with van der Waals surface area (Å²) in [5.41, 5.74) is 0. The maximum atomic E-state index is 2.47. The standard InChI is InChI=1S/C34H24S2Si2/c1-5-13-27(14-6-1)37(28-15-7-2-8-16-28)33-23-25-21-32-26(22-31(25)35-33)24-34(36-32)38(29-17-9-3-10-18-29)30-19-11-4-12-20-30/h1-24H. The minimum atomic E-state index is -1.05. The summed E-state index contributed by atoms with van der Waals surface area (Å²) in [5.74, 6) is 0. The Morgan fingerprint density at radius 1 is 0.342 bits per heavy atom. The molecule has 180 valence electrons. The Hall–Kier alpha value is -3.55. The van der Waals surface area contributed by atoms with Crippen LogP contribution in [0.4, 0.5) is 0 Å². The summed E-state index contributed by atoms with van der Waals surface area (Å²) in [7, 11) is -2.09. The van der Waals surface area contributed by atoms with Gasteiger partial charge in [0.05, 0.1) is 0 Å². The zero-order chi connectivity index (χ0) is 25.3. The van der Waals surface area contributed by atoms with Gasteiger partial charge in [-0.05, 0) is 55.8 Å². The first-order valence-corrected chi connectivity index (χ1v) is 17.4. The van der Waals surface area contributed by atoms with E-state index in [1.807, 2.05) is 22.7 Å². The van der Waals surface area contributed by atoms with Crippen molar-refractivity contribution < 1.29 is 0 Å². The number of thiophene rings is 2. The van der Waals surface area contributed by atoms with Crippen molar-refractivity contribution in [1.29, 1.82) is 0 Å². The van der Waals surface area contributed by atoms with Crippen molar-refractivity contribution in [2.24, 2.45) is 0 Å². The third kappa shape index (κ3) is 4.50. The van der Waals surface area contributed by atoms with Crippen molar-refractivity contribution in [2.75, 3.05) is 0 Å². The predicted molar refractivity (Wildman–Crippen MR) is 172 cm³/mol. The quantitative estimate of drug-likeness (QED) is 0.251. The lowest BCUT2D eigenvalue weighted by atomic mass is 10.2. The van der Waals surface area contributed by atoms with Crippen molar-refractivity contribution in [3.63, 3.8) is 0 Å². The van der Waals surface area contributed by atoms with Crippen LogP contribution in [-0.4, -0.2) is 17.6 Å². The molecule has 0 nitrogen and oxygen atoms in total. The van der Waals surface area contributed by atoms with E-state index in [2.05, 4.69) is 146 Å². The van der Waals surface area contributed by atoms with E-state index in [4.69, 9.17) is 0 Å². The largest absolute Gasteiger partial charge is 0.168 e. The molecule has 0 aliphatic rings. The highest BCUT2D eigenvalue weighted by Crippen LogP contribution is 2.29. The summed E-state index contributed by atoms with van der Waals surface area (Å²) in [4.78, 5) is 0. The second kappa shape index (κ2) is 10.3. The predicted octanol–water partition coefficient (Wildman–Crippen LogP) is 5.15. The second-order valence-electron chi connectivity index (χ2n) is 9.36. The van der Waals surface area contributed by atoms with E-state index in [1.165, 1.54) is 49.9 Å². The van der Waals surface area contributed by atoms with Gasteiger partial charge in [0.15, 0.2) is 17.6 Å². The van der Waals surface area contributed by atoms with Gasteiger partial charge in [-0.25, -0.2) is 0 Å². The van der Waals surface area contributed by atoms with E-state index in [1.54, 1.807) is 0 Å². The Kier molecular flexibility index (Phi) is 6.39. The van der Waals surface area contributed by atoms with E-state index in [0.29, 0.717) is 0 Å². The first kappa shape index (κ1) is 23.6. The Labute approximate surface area is 234 Å². The average Bonchev–Trinajstić information content (AvgIpc) is 3.57. The molecule has 0 fully saturated rings. The number of rotatable bonds is 6. The molecule has 7 rings (SSSR count). The summed E-state index contributed by atoms with van der Waals surface area (Å²) >= 11 is 3.96. The van der Waals surface area contributed by atoms with E-state index < -0.39 is 17.6 Å². The highest BCUT2D eigenvalue weighted by atomic mass is 32.1. The van der Waals surface area contributed by atoms with Gasteiger partial charge in [-0.3, -0.25) is 0 Å². The van der Waals surface area contributed by atoms with Gasteiger partial charge in [0.2, 0.25) is 0 Å². The fraction of sp³-hybridized carbons (Fsp3) is 0. The molecule has 0 unspecified atom stereocenters. The molecule has 5 aromatic carbocycles.